The number of thioether (sulfide) groups is 2. The molecule has 3 heterocycles. The van der Waals surface area contributed by atoms with E-state index in [2.05, 4.69) is 39.1 Å². The van der Waals surface area contributed by atoms with E-state index >= 15 is 0 Å². The number of hydrogen-bond acceptors (Lipinski definition) is 6. The molecule has 1 atom stereocenters. The number of nitrogens with zero attached hydrogens (tertiary/aromatic N) is 4. The molecule has 6 nitrogen and oxygen atoms in total. The van der Waals surface area contributed by atoms with Crippen molar-refractivity contribution in [3.8, 4) is 0 Å². The molecule has 2 aromatic rings. The molecule has 0 aliphatic carbocycles. The van der Waals surface area contributed by atoms with Crippen LogP contribution in [0.1, 0.15) is 46.9 Å². The van der Waals surface area contributed by atoms with Crippen molar-refractivity contribution in [3.63, 3.8) is 0 Å². The number of carboxylic acids is 1. The standard InChI is InChI=1S/C15H14N4O2S2/c1-8(2)12-16-17-15-19(12)18-11(23-15)7-22-13(18)9-3-5-10(6-4-9)14(20)21/h3-8,13H,1-2H3,(H,20,21)/t13-/m1/s1. The Kier molecular flexibility index (Phi) is 3.38. The van der Waals surface area contributed by atoms with Gasteiger partial charge in [0.15, 0.2) is 5.82 Å². The Labute approximate surface area is 141 Å². The molecule has 2 aliphatic rings. The zero-order valence-corrected chi connectivity index (χ0v) is 14.1. The molecule has 0 unspecified atom stereocenters. The normalized spacial score (nSPS) is 19.0. The summed E-state index contributed by atoms with van der Waals surface area (Å²) in [5.41, 5.74) is 1.36. The third-order valence-corrected chi connectivity index (χ3v) is 5.94. The Balaban J connectivity index is 1.72. The Hall–Kier alpha value is -1.93. The lowest BCUT2D eigenvalue weighted by Gasteiger charge is -2.26. The lowest BCUT2D eigenvalue weighted by atomic mass is 10.1. The van der Waals surface area contributed by atoms with Crippen LogP contribution in [0.15, 0.2) is 39.9 Å². The van der Waals surface area contributed by atoms with Gasteiger partial charge in [-0.1, -0.05) is 37.7 Å². The minimum atomic E-state index is -0.908. The Morgan fingerprint density at radius 1 is 1.26 bits per heavy atom. The fraction of sp³-hybridized carbons (Fsp3) is 0.267. The summed E-state index contributed by atoms with van der Waals surface area (Å²) in [6.45, 7) is 4.20. The molecular weight excluding hydrogens is 332 g/mol. The molecular formula is C15H14N4O2S2. The molecule has 2 aliphatic heterocycles. The monoisotopic (exact) mass is 346 g/mol. The highest BCUT2D eigenvalue weighted by Crippen LogP contribution is 2.51. The van der Waals surface area contributed by atoms with Gasteiger partial charge in [0.05, 0.1) is 5.56 Å². The van der Waals surface area contributed by atoms with Crippen molar-refractivity contribution in [2.24, 2.45) is 0 Å². The lowest BCUT2D eigenvalue weighted by molar-refractivity contribution is 0.0697. The van der Waals surface area contributed by atoms with E-state index in [1.165, 1.54) is 0 Å². The molecule has 8 heteroatoms. The summed E-state index contributed by atoms with van der Waals surface area (Å²) in [5, 5.41) is 24.0. The van der Waals surface area contributed by atoms with Crippen LogP contribution in [-0.4, -0.2) is 25.9 Å². The van der Waals surface area contributed by atoms with Gasteiger partial charge in [0.25, 0.3) is 0 Å². The van der Waals surface area contributed by atoms with E-state index in [1.807, 2.05) is 12.1 Å². The first-order chi connectivity index (χ1) is 11.1. The molecule has 0 radical (unpaired) electrons. The van der Waals surface area contributed by atoms with Crippen molar-refractivity contribution in [3.05, 3.63) is 51.7 Å². The van der Waals surface area contributed by atoms with Crippen LogP contribution in [0.25, 0.3) is 0 Å². The minimum absolute atomic E-state index is 0.0649. The fourth-order valence-electron chi connectivity index (χ4n) is 2.63. The van der Waals surface area contributed by atoms with E-state index in [1.54, 1.807) is 35.7 Å². The van der Waals surface area contributed by atoms with Crippen LogP contribution in [0.3, 0.4) is 0 Å². The molecule has 1 aromatic heterocycles. The number of carbonyl (C=O) groups is 1. The largest absolute Gasteiger partial charge is 0.478 e. The van der Waals surface area contributed by atoms with E-state index in [9.17, 15) is 4.79 Å². The summed E-state index contributed by atoms with van der Waals surface area (Å²) in [6, 6.07) is 7.05. The number of aromatic nitrogens is 3. The van der Waals surface area contributed by atoms with Gasteiger partial charge in [-0.3, -0.25) is 5.01 Å². The van der Waals surface area contributed by atoms with Gasteiger partial charge >= 0.3 is 5.97 Å². The molecule has 0 saturated heterocycles. The Morgan fingerprint density at radius 2 is 2.00 bits per heavy atom. The van der Waals surface area contributed by atoms with E-state index in [4.69, 9.17) is 5.11 Å². The average molecular weight is 346 g/mol. The first kappa shape index (κ1) is 14.6. The van der Waals surface area contributed by atoms with Crippen molar-refractivity contribution >= 4 is 29.5 Å². The first-order valence-corrected chi connectivity index (χ1v) is 8.94. The Bertz CT molecular complexity index is 813. The molecule has 0 bridgehead atoms. The molecule has 118 valence electrons. The number of benzene rings is 1. The minimum Gasteiger partial charge on any atom is -0.478 e. The predicted octanol–water partition coefficient (Wildman–Crippen LogP) is 3.39. The molecule has 0 spiro atoms. The van der Waals surface area contributed by atoms with Gasteiger partial charge in [-0.15, -0.1) is 10.2 Å². The summed E-state index contributed by atoms with van der Waals surface area (Å²) in [5.74, 6) is 0.303. The van der Waals surface area contributed by atoms with Crippen LogP contribution in [0.4, 0.5) is 0 Å². The maximum Gasteiger partial charge on any atom is 0.335 e. The van der Waals surface area contributed by atoms with E-state index < -0.39 is 5.97 Å². The number of aromatic carboxylic acids is 1. The number of carboxylic acid groups (broad SMARTS) is 1. The summed E-state index contributed by atoms with van der Waals surface area (Å²) < 4.78 is 2.08. The Morgan fingerprint density at radius 3 is 2.65 bits per heavy atom. The van der Waals surface area contributed by atoms with Crippen molar-refractivity contribution in [1.29, 1.82) is 0 Å². The van der Waals surface area contributed by atoms with Crippen LogP contribution in [0.5, 0.6) is 0 Å². The summed E-state index contributed by atoms with van der Waals surface area (Å²) >= 11 is 3.32. The van der Waals surface area contributed by atoms with Crippen LogP contribution in [-0.2, 0) is 0 Å². The second-order valence-corrected chi connectivity index (χ2v) is 7.57. The van der Waals surface area contributed by atoms with Crippen molar-refractivity contribution in [2.75, 3.05) is 5.01 Å². The number of hydrogen-bond donors (Lipinski definition) is 1. The van der Waals surface area contributed by atoms with Gasteiger partial charge < -0.3 is 5.11 Å². The number of rotatable bonds is 3. The average Bonchev–Trinajstić information content (AvgIpc) is 3.17. The third-order valence-electron chi connectivity index (χ3n) is 3.75. The molecule has 0 amide bonds. The highest BCUT2D eigenvalue weighted by molar-refractivity contribution is 8.07. The molecule has 23 heavy (non-hydrogen) atoms. The lowest BCUT2D eigenvalue weighted by Crippen LogP contribution is -2.31. The van der Waals surface area contributed by atoms with Gasteiger partial charge in [-0.25, -0.2) is 9.47 Å². The molecule has 0 saturated carbocycles. The van der Waals surface area contributed by atoms with Crippen molar-refractivity contribution in [2.45, 2.75) is 30.3 Å². The summed E-state index contributed by atoms with van der Waals surface area (Å²) in [4.78, 5) is 11.0. The third kappa shape index (κ3) is 2.24. The highest BCUT2D eigenvalue weighted by Gasteiger charge is 2.39. The van der Waals surface area contributed by atoms with Crippen LogP contribution in [0.2, 0.25) is 0 Å². The zero-order valence-electron chi connectivity index (χ0n) is 12.5. The quantitative estimate of drug-likeness (QED) is 0.913. The SMILES string of the molecule is CC(C)c1nnc2n1N1C(=CS[C@@H]1c1ccc(C(=O)O)cc1)S2. The smallest absolute Gasteiger partial charge is 0.335 e. The molecule has 1 N–H and O–H groups in total. The second kappa shape index (κ2) is 5.31. The van der Waals surface area contributed by atoms with Crippen LogP contribution >= 0.6 is 23.5 Å². The van der Waals surface area contributed by atoms with Crippen molar-refractivity contribution < 1.29 is 9.90 Å². The summed E-state index contributed by atoms with van der Waals surface area (Å²) in [7, 11) is 0. The van der Waals surface area contributed by atoms with Gasteiger partial charge in [-0.2, -0.15) is 0 Å². The summed E-state index contributed by atoms with van der Waals surface area (Å²) in [6.07, 6.45) is 0. The molecule has 1 aromatic carbocycles. The second-order valence-electron chi connectivity index (χ2n) is 5.63. The van der Waals surface area contributed by atoms with Gasteiger partial charge in [-0.05, 0) is 29.5 Å². The van der Waals surface area contributed by atoms with Gasteiger partial charge in [0, 0.05) is 11.3 Å². The zero-order chi connectivity index (χ0) is 16.1. The highest BCUT2D eigenvalue weighted by atomic mass is 32.2. The van der Waals surface area contributed by atoms with Gasteiger partial charge in [0.2, 0.25) is 5.16 Å². The van der Waals surface area contributed by atoms with Gasteiger partial charge in [0.1, 0.15) is 10.4 Å². The topological polar surface area (TPSA) is 71.2 Å². The molecule has 0 fully saturated rings. The van der Waals surface area contributed by atoms with Crippen LogP contribution < -0.4 is 5.01 Å². The van der Waals surface area contributed by atoms with E-state index in [0.29, 0.717) is 5.56 Å². The van der Waals surface area contributed by atoms with Crippen LogP contribution in [0, 0.1) is 0 Å². The predicted molar refractivity (Wildman–Crippen MR) is 90.0 cm³/mol. The molecule has 4 rings (SSSR count). The maximum absolute atomic E-state index is 11.0. The maximum atomic E-state index is 11.0. The van der Waals surface area contributed by atoms with E-state index in [-0.39, 0.29) is 11.3 Å². The van der Waals surface area contributed by atoms with Crippen molar-refractivity contribution in [1.82, 2.24) is 14.9 Å². The van der Waals surface area contributed by atoms with E-state index in [0.717, 1.165) is 21.6 Å². The fourth-order valence-corrected chi connectivity index (χ4v) is 4.86. The first-order valence-electron chi connectivity index (χ1n) is 7.18. The number of fused-ring (bicyclic) bond motifs is 3.